The Balaban J connectivity index is 2.56. The Morgan fingerprint density at radius 3 is 2.73 bits per heavy atom. The van der Waals surface area contributed by atoms with Gasteiger partial charge in [0.05, 0.1) is 18.5 Å². The predicted molar refractivity (Wildman–Crippen MR) is 62.7 cm³/mol. The third-order valence-electron chi connectivity index (χ3n) is 2.82. The standard InChI is InChI=1S/C12H20N2O/c1-3-10(4-2)7-14-12-8-13-6-5-11(12)9-15/h5-6,8,10,14-15H,3-4,7,9H2,1-2H3. The van der Waals surface area contributed by atoms with Crippen LogP contribution in [0.3, 0.4) is 0 Å². The van der Waals surface area contributed by atoms with Crippen LogP contribution in [-0.2, 0) is 6.61 Å². The van der Waals surface area contributed by atoms with Crippen LogP contribution >= 0.6 is 0 Å². The largest absolute Gasteiger partial charge is 0.392 e. The van der Waals surface area contributed by atoms with Gasteiger partial charge in [-0.15, -0.1) is 0 Å². The quantitative estimate of drug-likeness (QED) is 0.754. The molecule has 0 saturated heterocycles. The second-order valence-corrected chi connectivity index (χ2v) is 3.75. The highest BCUT2D eigenvalue weighted by atomic mass is 16.3. The maximum atomic E-state index is 9.13. The summed E-state index contributed by atoms with van der Waals surface area (Å²) in [6.07, 6.45) is 5.83. The molecule has 0 spiro atoms. The molecule has 2 N–H and O–H groups in total. The van der Waals surface area contributed by atoms with E-state index in [9.17, 15) is 0 Å². The van der Waals surface area contributed by atoms with Gasteiger partial charge in [0.1, 0.15) is 0 Å². The van der Waals surface area contributed by atoms with E-state index in [1.54, 1.807) is 12.4 Å². The number of aromatic nitrogens is 1. The van der Waals surface area contributed by atoms with Gasteiger partial charge in [-0.3, -0.25) is 4.98 Å². The molecule has 15 heavy (non-hydrogen) atoms. The van der Waals surface area contributed by atoms with Gasteiger partial charge in [-0.05, 0) is 12.0 Å². The highest BCUT2D eigenvalue weighted by molar-refractivity contribution is 5.48. The van der Waals surface area contributed by atoms with Crippen LogP contribution in [0.4, 0.5) is 5.69 Å². The van der Waals surface area contributed by atoms with Crippen LogP contribution in [0.25, 0.3) is 0 Å². The Morgan fingerprint density at radius 1 is 1.40 bits per heavy atom. The number of nitrogens with zero attached hydrogens (tertiary/aromatic N) is 1. The first-order valence-electron chi connectivity index (χ1n) is 5.59. The predicted octanol–water partition coefficient (Wildman–Crippen LogP) is 2.42. The number of aliphatic hydroxyl groups excluding tert-OH is 1. The first-order chi connectivity index (χ1) is 7.31. The summed E-state index contributed by atoms with van der Waals surface area (Å²) < 4.78 is 0. The van der Waals surface area contributed by atoms with Crippen LogP contribution in [0, 0.1) is 5.92 Å². The van der Waals surface area contributed by atoms with E-state index in [4.69, 9.17) is 5.11 Å². The highest BCUT2D eigenvalue weighted by Gasteiger charge is 2.05. The van der Waals surface area contributed by atoms with Crippen LogP contribution in [0.5, 0.6) is 0 Å². The normalized spacial score (nSPS) is 10.7. The van der Waals surface area contributed by atoms with Crippen molar-refractivity contribution in [3.8, 4) is 0 Å². The highest BCUT2D eigenvalue weighted by Crippen LogP contribution is 2.15. The molecule has 0 radical (unpaired) electrons. The van der Waals surface area contributed by atoms with E-state index >= 15 is 0 Å². The molecule has 1 aromatic rings. The molecule has 0 aliphatic carbocycles. The molecular formula is C12H20N2O. The van der Waals surface area contributed by atoms with E-state index in [0.29, 0.717) is 5.92 Å². The number of anilines is 1. The summed E-state index contributed by atoms with van der Waals surface area (Å²) in [7, 11) is 0. The summed E-state index contributed by atoms with van der Waals surface area (Å²) in [5.74, 6) is 0.691. The van der Waals surface area contributed by atoms with Crippen molar-refractivity contribution < 1.29 is 5.11 Å². The van der Waals surface area contributed by atoms with Crippen molar-refractivity contribution in [2.45, 2.75) is 33.3 Å². The van der Waals surface area contributed by atoms with E-state index < -0.39 is 0 Å². The van der Waals surface area contributed by atoms with Crippen LogP contribution in [0.15, 0.2) is 18.5 Å². The Morgan fingerprint density at radius 2 is 2.13 bits per heavy atom. The monoisotopic (exact) mass is 208 g/mol. The van der Waals surface area contributed by atoms with Crippen LogP contribution in [-0.4, -0.2) is 16.6 Å². The molecule has 0 fully saturated rings. The van der Waals surface area contributed by atoms with Crippen molar-refractivity contribution in [2.75, 3.05) is 11.9 Å². The van der Waals surface area contributed by atoms with Crippen LogP contribution < -0.4 is 5.32 Å². The van der Waals surface area contributed by atoms with Gasteiger partial charge in [0.15, 0.2) is 0 Å². The van der Waals surface area contributed by atoms with Crippen molar-refractivity contribution >= 4 is 5.69 Å². The summed E-state index contributed by atoms with van der Waals surface area (Å²) in [5.41, 5.74) is 1.86. The first kappa shape index (κ1) is 12.0. The lowest BCUT2D eigenvalue weighted by Gasteiger charge is -2.15. The molecule has 0 saturated carbocycles. The van der Waals surface area contributed by atoms with Crippen molar-refractivity contribution in [2.24, 2.45) is 5.92 Å². The van der Waals surface area contributed by atoms with Gasteiger partial charge in [0.25, 0.3) is 0 Å². The number of aliphatic hydroxyl groups is 1. The minimum Gasteiger partial charge on any atom is -0.392 e. The van der Waals surface area contributed by atoms with Crippen LogP contribution in [0.1, 0.15) is 32.3 Å². The minimum atomic E-state index is 0.0633. The van der Waals surface area contributed by atoms with Crippen LogP contribution in [0.2, 0.25) is 0 Å². The van der Waals surface area contributed by atoms with E-state index in [1.165, 1.54) is 12.8 Å². The summed E-state index contributed by atoms with van der Waals surface area (Å²) in [4.78, 5) is 4.05. The van der Waals surface area contributed by atoms with Crippen molar-refractivity contribution in [1.82, 2.24) is 4.98 Å². The maximum Gasteiger partial charge on any atom is 0.0703 e. The fourth-order valence-electron chi connectivity index (χ4n) is 1.55. The first-order valence-corrected chi connectivity index (χ1v) is 5.59. The fraction of sp³-hybridized carbons (Fsp3) is 0.583. The summed E-state index contributed by atoms with van der Waals surface area (Å²) in [5, 5.41) is 12.5. The summed E-state index contributed by atoms with van der Waals surface area (Å²) >= 11 is 0. The van der Waals surface area contributed by atoms with Gasteiger partial charge in [-0.25, -0.2) is 0 Å². The molecule has 0 aromatic carbocycles. The lowest BCUT2D eigenvalue weighted by atomic mass is 10.0. The molecule has 0 bridgehead atoms. The number of nitrogens with one attached hydrogen (secondary N) is 1. The van der Waals surface area contributed by atoms with Gasteiger partial charge in [-0.2, -0.15) is 0 Å². The smallest absolute Gasteiger partial charge is 0.0703 e. The van der Waals surface area contributed by atoms with Crippen molar-refractivity contribution in [3.63, 3.8) is 0 Å². The summed E-state index contributed by atoms with van der Waals surface area (Å²) in [6, 6.07) is 1.84. The fourth-order valence-corrected chi connectivity index (χ4v) is 1.55. The van der Waals surface area contributed by atoms with E-state index in [-0.39, 0.29) is 6.61 Å². The van der Waals surface area contributed by atoms with E-state index in [0.717, 1.165) is 17.8 Å². The number of hydrogen-bond donors (Lipinski definition) is 2. The third kappa shape index (κ3) is 3.51. The second-order valence-electron chi connectivity index (χ2n) is 3.75. The molecule has 0 unspecified atom stereocenters. The molecule has 0 aliphatic rings. The molecule has 0 amide bonds. The van der Waals surface area contributed by atoms with E-state index in [1.807, 2.05) is 6.07 Å². The average molecular weight is 208 g/mol. The number of rotatable bonds is 6. The van der Waals surface area contributed by atoms with Gasteiger partial charge in [0, 0.05) is 18.3 Å². The Hall–Kier alpha value is -1.09. The Labute approximate surface area is 91.5 Å². The van der Waals surface area contributed by atoms with E-state index in [2.05, 4.69) is 24.1 Å². The van der Waals surface area contributed by atoms with Crippen molar-refractivity contribution in [3.05, 3.63) is 24.0 Å². The molecule has 3 heteroatoms. The zero-order valence-corrected chi connectivity index (χ0v) is 9.53. The maximum absolute atomic E-state index is 9.13. The average Bonchev–Trinajstić information content (AvgIpc) is 2.31. The Kier molecular flexibility index (Phi) is 5.12. The van der Waals surface area contributed by atoms with Gasteiger partial charge >= 0.3 is 0 Å². The lowest BCUT2D eigenvalue weighted by molar-refractivity contribution is 0.282. The SMILES string of the molecule is CCC(CC)CNc1cnccc1CO. The number of pyridine rings is 1. The topological polar surface area (TPSA) is 45.2 Å². The Bertz CT molecular complexity index is 285. The van der Waals surface area contributed by atoms with Gasteiger partial charge in [0.2, 0.25) is 0 Å². The zero-order chi connectivity index (χ0) is 11.1. The second kappa shape index (κ2) is 6.40. The van der Waals surface area contributed by atoms with Gasteiger partial charge < -0.3 is 10.4 Å². The number of hydrogen-bond acceptors (Lipinski definition) is 3. The third-order valence-corrected chi connectivity index (χ3v) is 2.82. The molecular weight excluding hydrogens is 188 g/mol. The zero-order valence-electron chi connectivity index (χ0n) is 9.53. The molecule has 3 nitrogen and oxygen atoms in total. The van der Waals surface area contributed by atoms with Crippen molar-refractivity contribution in [1.29, 1.82) is 0 Å². The molecule has 1 rings (SSSR count). The molecule has 1 aromatic heterocycles. The molecule has 1 heterocycles. The molecule has 0 aliphatic heterocycles. The summed E-state index contributed by atoms with van der Waals surface area (Å²) in [6.45, 7) is 5.41. The van der Waals surface area contributed by atoms with Gasteiger partial charge in [-0.1, -0.05) is 26.7 Å². The molecule has 0 atom stereocenters. The minimum absolute atomic E-state index is 0.0633. The molecule has 84 valence electrons. The lowest BCUT2D eigenvalue weighted by Crippen LogP contribution is -2.13.